The third-order valence-corrected chi connectivity index (χ3v) is 2.51. The minimum absolute atomic E-state index is 0.0884. The number of carbonyl (C=O) groups excluding carboxylic acids is 1. The van der Waals surface area contributed by atoms with E-state index in [9.17, 15) is 4.79 Å². The van der Waals surface area contributed by atoms with Crippen molar-refractivity contribution in [3.05, 3.63) is 23.8 Å². The van der Waals surface area contributed by atoms with Crippen molar-refractivity contribution in [3.8, 4) is 6.07 Å². The Balaban J connectivity index is 2.96. The first-order chi connectivity index (χ1) is 7.95. The van der Waals surface area contributed by atoms with Gasteiger partial charge in [-0.2, -0.15) is 5.26 Å². The van der Waals surface area contributed by atoms with Crippen molar-refractivity contribution in [3.63, 3.8) is 0 Å². The van der Waals surface area contributed by atoms with Crippen LogP contribution in [0.25, 0.3) is 0 Å². The van der Waals surface area contributed by atoms with Crippen molar-refractivity contribution in [1.29, 1.82) is 5.26 Å². The van der Waals surface area contributed by atoms with E-state index in [4.69, 9.17) is 16.7 Å². The highest BCUT2D eigenvalue weighted by molar-refractivity contribution is 5.99. The molecular formula is C12H16N4O. The van der Waals surface area contributed by atoms with E-state index in [2.05, 4.69) is 6.07 Å². The molecule has 0 aliphatic carbocycles. The highest BCUT2D eigenvalue weighted by Gasteiger charge is 2.11. The predicted octanol–water partition coefficient (Wildman–Crippen LogP) is 0.964. The minimum atomic E-state index is -0.550. The van der Waals surface area contributed by atoms with Gasteiger partial charge < -0.3 is 16.4 Å². The second-order valence-electron chi connectivity index (χ2n) is 4.05. The van der Waals surface area contributed by atoms with Crippen LogP contribution < -0.4 is 16.4 Å². The van der Waals surface area contributed by atoms with Gasteiger partial charge in [-0.15, -0.1) is 0 Å². The lowest BCUT2D eigenvalue weighted by atomic mass is 10.1. The number of nitrogens with zero attached hydrogens (tertiary/aromatic N) is 2. The van der Waals surface area contributed by atoms with E-state index in [0.29, 0.717) is 17.8 Å². The maximum atomic E-state index is 11.1. The molecule has 17 heavy (non-hydrogen) atoms. The summed E-state index contributed by atoms with van der Waals surface area (Å²) in [4.78, 5) is 13.0. The fraction of sp³-hybridized carbons (Fsp3) is 0.333. The number of nitriles is 1. The van der Waals surface area contributed by atoms with Gasteiger partial charge in [0.2, 0.25) is 0 Å². The number of hydrogen-bond donors (Lipinski definition) is 2. The van der Waals surface area contributed by atoms with Crippen molar-refractivity contribution in [2.24, 2.45) is 11.7 Å². The molecule has 0 saturated carbocycles. The monoisotopic (exact) mass is 232 g/mol. The molecule has 5 nitrogen and oxygen atoms in total. The second kappa shape index (κ2) is 5.21. The Kier molecular flexibility index (Phi) is 3.94. The second-order valence-corrected chi connectivity index (χ2v) is 4.05. The number of amides is 1. The molecule has 1 amide bonds. The maximum absolute atomic E-state index is 11.1. The first-order valence-corrected chi connectivity index (χ1v) is 5.25. The molecule has 1 aromatic carbocycles. The molecule has 1 unspecified atom stereocenters. The summed E-state index contributed by atoms with van der Waals surface area (Å²) >= 11 is 0. The zero-order valence-corrected chi connectivity index (χ0v) is 9.97. The molecule has 5 heteroatoms. The lowest BCUT2D eigenvalue weighted by Gasteiger charge is -2.21. The molecule has 0 radical (unpaired) electrons. The van der Waals surface area contributed by atoms with Crippen LogP contribution in [0.5, 0.6) is 0 Å². The first-order valence-electron chi connectivity index (χ1n) is 5.25. The van der Waals surface area contributed by atoms with Gasteiger partial charge in [0, 0.05) is 25.0 Å². The highest BCUT2D eigenvalue weighted by atomic mass is 16.1. The van der Waals surface area contributed by atoms with Gasteiger partial charge in [-0.25, -0.2) is 0 Å². The lowest BCUT2D eigenvalue weighted by Crippen LogP contribution is -2.24. The van der Waals surface area contributed by atoms with Gasteiger partial charge in [0.05, 0.1) is 17.6 Å². The van der Waals surface area contributed by atoms with Crippen LogP contribution >= 0.6 is 0 Å². The molecule has 0 aliphatic heterocycles. The third kappa shape index (κ3) is 3.11. The van der Waals surface area contributed by atoms with E-state index < -0.39 is 5.91 Å². The molecule has 1 atom stereocenters. The Morgan fingerprint density at radius 1 is 1.59 bits per heavy atom. The molecular weight excluding hydrogens is 216 g/mol. The number of benzene rings is 1. The first kappa shape index (κ1) is 12.8. The van der Waals surface area contributed by atoms with E-state index in [-0.39, 0.29) is 5.92 Å². The maximum Gasteiger partial charge on any atom is 0.250 e. The number of nitrogen functional groups attached to an aromatic ring is 1. The molecule has 0 saturated heterocycles. The van der Waals surface area contributed by atoms with Gasteiger partial charge in [-0.3, -0.25) is 4.79 Å². The molecule has 0 aromatic heterocycles. The number of hydrogen-bond acceptors (Lipinski definition) is 4. The Morgan fingerprint density at radius 3 is 2.76 bits per heavy atom. The molecule has 0 spiro atoms. The van der Waals surface area contributed by atoms with E-state index in [1.807, 2.05) is 18.9 Å². The van der Waals surface area contributed by atoms with Crippen LogP contribution in [0, 0.1) is 17.2 Å². The normalized spacial score (nSPS) is 11.6. The van der Waals surface area contributed by atoms with Crippen LogP contribution in [0.3, 0.4) is 0 Å². The average Bonchev–Trinajstić information content (AvgIpc) is 2.28. The Morgan fingerprint density at radius 2 is 2.24 bits per heavy atom. The number of primary amides is 1. The molecule has 0 bridgehead atoms. The van der Waals surface area contributed by atoms with Crippen molar-refractivity contribution in [1.82, 2.24) is 0 Å². The Hall–Kier alpha value is -2.22. The summed E-state index contributed by atoms with van der Waals surface area (Å²) in [6, 6.07) is 7.24. The smallest absolute Gasteiger partial charge is 0.250 e. The molecule has 90 valence electrons. The zero-order chi connectivity index (χ0) is 13.0. The van der Waals surface area contributed by atoms with Gasteiger partial charge in [0.15, 0.2) is 0 Å². The molecule has 1 rings (SSSR count). The molecule has 4 N–H and O–H groups in total. The van der Waals surface area contributed by atoms with Crippen LogP contribution in [0.1, 0.15) is 17.3 Å². The van der Waals surface area contributed by atoms with E-state index in [1.165, 1.54) is 0 Å². The third-order valence-electron chi connectivity index (χ3n) is 2.51. The van der Waals surface area contributed by atoms with Crippen LogP contribution in [-0.2, 0) is 0 Å². The van der Waals surface area contributed by atoms with Gasteiger partial charge in [0.25, 0.3) is 5.91 Å². The van der Waals surface area contributed by atoms with Crippen molar-refractivity contribution < 1.29 is 4.79 Å². The summed E-state index contributed by atoms with van der Waals surface area (Å²) in [6.07, 6.45) is 0. The summed E-state index contributed by atoms with van der Waals surface area (Å²) in [5.41, 5.74) is 12.4. The van der Waals surface area contributed by atoms with Gasteiger partial charge in [-0.1, -0.05) is 0 Å². The standard InChI is InChI=1S/C12H16N4O/c1-8(6-13)7-16(2)9-3-4-11(14)10(5-9)12(15)17/h3-5,8H,7,14H2,1-2H3,(H2,15,17). The number of nitrogens with two attached hydrogens (primary N) is 2. The van der Waals surface area contributed by atoms with Crippen molar-refractivity contribution in [2.75, 3.05) is 24.2 Å². The van der Waals surface area contributed by atoms with E-state index in [1.54, 1.807) is 18.2 Å². The van der Waals surface area contributed by atoms with E-state index >= 15 is 0 Å². The van der Waals surface area contributed by atoms with Crippen LogP contribution in [0.4, 0.5) is 11.4 Å². The van der Waals surface area contributed by atoms with Gasteiger partial charge >= 0.3 is 0 Å². The van der Waals surface area contributed by atoms with Gasteiger partial charge in [0.1, 0.15) is 0 Å². The summed E-state index contributed by atoms with van der Waals surface area (Å²) in [7, 11) is 1.85. The molecule has 1 aromatic rings. The molecule has 0 heterocycles. The fourth-order valence-corrected chi connectivity index (χ4v) is 1.55. The number of anilines is 2. The fourth-order valence-electron chi connectivity index (χ4n) is 1.55. The van der Waals surface area contributed by atoms with Crippen LogP contribution in [-0.4, -0.2) is 19.5 Å². The molecule has 0 aliphatic rings. The quantitative estimate of drug-likeness (QED) is 0.756. The number of rotatable bonds is 4. The SMILES string of the molecule is CC(C#N)CN(C)c1ccc(N)c(C(N)=O)c1. The highest BCUT2D eigenvalue weighted by Crippen LogP contribution is 2.20. The van der Waals surface area contributed by atoms with Gasteiger partial charge in [-0.05, 0) is 25.1 Å². The summed E-state index contributed by atoms with van der Waals surface area (Å²) in [5.74, 6) is -0.638. The topological polar surface area (TPSA) is 96.1 Å². The largest absolute Gasteiger partial charge is 0.398 e. The lowest BCUT2D eigenvalue weighted by molar-refractivity contribution is 0.100. The predicted molar refractivity (Wildman–Crippen MR) is 67.4 cm³/mol. The van der Waals surface area contributed by atoms with Crippen molar-refractivity contribution >= 4 is 17.3 Å². The Bertz CT molecular complexity index is 464. The number of carbonyl (C=O) groups is 1. The summed E-state index contributed by atoms with van der Waals surface area (Å²) in [5, 5.41) is 8.75. The molecule has 0 fully saturated rings. The minimum Gasteiger partial charge on any atom is -0.398 e. The summed E-state index contributed by atoms with van der Waals surface area (Å²) < 4.78 is 0. The zero-order valence-electron chi connectivity index (χ0n) is 9.97. The van der Waals surface area contributed by atoms with Crippen LogP contribution in [0.15, 0.2) is 18.2 Å². The van der Waals surface area contributed by atoms with E-state index in [0.717, 1.165) is 5.69 Å². The van der Waals surface area contributed by atoms with Crippen molar-refractivity contribution in [2.45, 2.75) is 6.92 Å². The Labute approximate surface area is 101 Å². The van der Waals surface area contributed by atoms with Crippen LogP contribution in [0.2, 0.25) is 0 Å². The summed E-state index contributed by atoms with van der Waals surface area (Å²) in [6.45, 7) is 2.42. The average molecular weight is 232 g/mol.